The highest BCUT2D eigenvalue weighted by Crippen LogP contribution is 2.50. The van der Waals surface area contributed by atoms with Crippen molar-refractivity contribution in [2.24, 2.45) is 0 Å². The van der Waals surface area contributed by atoms with Crippen molar-refractivity contribution in [3.05, 3.63) is 65.2 Å². The third-order valence-corrected chi connectivity index (χ3v) is 5.81. The molecule has 1 aliphatic heterocycles. The molecule has 1 aliphatic rings. The van der Waals surface area contributed by atoms with Gasteiger partial charge in [-0.15, -0.1) is 0 Å². The number of anilines is 1. The number of halogens is 6. The molecule has 0 fully saturated rings. The van der Waals surface area contributed by atoms with E-state index in [1.54, 1.807) is 30.3 Å². The maximum absolute atomic E-state index is 13.2. The van der Waals surface area contributed by atoms with Crippen molar-refractivity contribution in [3.63, 3.8) is 0 Å². The minimum Gasteiger partial charge on any atom is -0.369 e. The van der Waals surface area contributed by atoms with E-state index in [1.165, 1.54) is 16.7 Å². The van der Waals surface area contributed by atoms with Crippen molar-refractivity contribution in [3.8, 4) is 0 Å². The number of hydrogen-bond acceptors (Lipinski definition) is 3. The first-order chi connectivity index (χ1) is 13.9. The van der Waals surface area contributed by atoms with Crippen LogP contribution in [-0.4, -0.2) is 35.7 Å². The molecule has 2 aromatic rings. The van der Waals surface area contributed by atoms with Gasteiger partial charge >= 0.3 is 12.4 Å². The number of hydrogen-bond donors (Lipinski definition) is 1. The number of alkyl halides is 6. The van der Waals surface area contributed by atoms with Gasteiger partial charge in [-0.25, -0.2) is 0 Å². The minimum absolute atomic E-state index is 0.0434. The fraction of sp³-hybridized carbons (Fsp3) is 0.350. The van der Waals surface area contributed by atoms with Gasteiger partial charge in [0.15, 0.2) is 0 Å². The lowest BCUT2D eigenvalue weighted by Crippen LogP contribution is -2.54. The Morgan fingerprint density at radius 1 is 1.00 bits per heavy atom. The summed E-state index contributed by atoms with van der Waals surface area (Å²) in [7, 11) is 0. The van der Waals surface area contributed by atoms with Crippen molar-refractivity contribution in [1.82, 2.24) is 0 Å². The molecule has 30 heavy (non-hydrogen) atoms. The van der Waals surface area contributed by atoms with Crippen LogP contribution in [0, 0.1) is 0 Å². The molecular formula is C20H17F6NO2S. The molecule has 1 N–H and O–H groups in total. The zero-order valence-corrected chi connectivity index (χ0v) is 16.2. The Morgan fingerprint density at radius 2 is 1.63 bits per heavy atom. The number of rotatable bonds is 3. The van der Waals surface area contributed by atoms with Gasteiger partial charge in [-0.1, -0.05) is 36.4 Å². The van der Waals surface area contributed by atoms with Crippen LogP contribution in [0.5, 0.6) is 0 Å². The number of carbonyl (C=O) groups excluding carboxylic acids is 1. The van der Waals surface area contributed by atoms with E-state index in [-0.39, 0.29) is 35.9 Å². The lowest BCUT2D eigenvalue weighted by molar-refractivity contribution is -0.376. The molecule has 1 heterocycles. The molecule has 0 unspecified atom stereocenters. The Labute approximate surface area is 172 Å². The summed E-state index contributed by atoms with van der Waals surface area (Å²) in [6, 6.07) is 11.1. The van der Waals surface area contributed by atoms with Gasteiger partial charge in [0.05, 0.1) is 6.42 Å². The zero-order chi connectivity index (χ0) is 22.2. The summed E-state index contributed by atoms with van der Waals surface area (Å²) in [4.78, 5) is 14.2. The first-order valence-electron chi connectivity index (χ1n) is 8.86. The van der Waals surface area contributed by atoms with Gasteiger partial charge in [0, 0.05) is 29.3 Å². The summed E-state index contributed by atoms with van der Waals surface area (Å²) in [6.45, 7) is 0.269. The number of aliphatic hydroxyl groups is 1. The second kappa shape index (κ2) is 8.14. The standard InChI is InChI=1S/C20H17F6NO2S/c21-19(22,23)18(29,20(24,25)26)15-6-7-16-14(11-15)12-30-9-8-27(16)17(28)10-13-4-2-1-3-5-13/h1-7,11,29H,8-10,12H2. The Balaban J connectivity index is 2.00. The minimum atomic E-state index is -5.96. The van der Waals surface area contributed by atoms with E-state index >= 15 is 0 Å². The molecule has 10 heteroatoms. The van der Waals surface area contributed by atoms with Crippen molar-refractivity contribution in [2.45, 2.75) is 30.1 Å². The average molecular weight is 449 g/mol. The first-order valence-corrected chi connectivity index (χ1v) is 10.0. The predicted octanol–water partition coefficient (Wildman–Crippen LogP) is 4.82. The van der Waals surface area contributed by atoms with Gasteiger partial charge in [0.2, 0.25) is 5.91 Å². The second-order valence-electron chi connectivity index (χ2n) is 6.81. The number of amides is 1. The quantitative estimate of drug-likeness (QED) is 0.683. The highest BCUT2D eigenvalue weighted by Gasteiger charge is 2.71. The van der Waals surface area contributed by atoms with E-state index in [2.05, 4.69) is 0 Å². The highest BCUT2D eigenvalue weighted by molar-refractivity contribution is 7.98. The van der Waals surface area contributed by atoms with Crippen molar-refractivity contribution in [2.75, 3.05) is 17.2 Å². The topological polar surface area (TPSA) is 40.5 Å². The van der Waals surface area contributed by atoms with Crippen molar-refractivity contribution >= 4 is 23.4 Å². The molecule has 0 atom stereocenters. The van der Waals surface area contributed by atoms with E-state index in [0.29, 0.717) is 17.9 Å². The van der Waals surface area contributed by atoms with E-state index in [9.17, 15) is 36.2 Å². The first kappa shape index (κ1) is 22.5. The molecule has 0 bridgehead atoms. The van der Waals surface area contributed by atoms with Gasteiger partial charge in [0.25, 0.3) is 5.60 Å². The van der Waals surface area contributed by atoms with Crippen LogP contribution in [0.2, 0.25) is 0 Å². The predicted molar refractivity (Wildman–Crippen MR) is 101 cm³/mol. The molecule has 0 aliphatic carbocycles. The number of thioether (sulfide) groups is 1. The van der Waals surface area contributed by atoms with Crippen LogP contribution in [0.3, 0.4) is 0 Å². The summed E-state index contributed by atoms with van der Waals surface area (Å²) >= 11 is 1.28. The molecule has 0 saturated carbocycles. The monoisotopic (exact) mass is 449 g/mol. The largest absolute Gasteiger partial charge is 0.430 e. The number of nitrogens with zero attached hydrogens (tertiary/aromatic N) is 1. The number of fused-ring (bicyclic) bond motifs is 1. The summed E-state index contributed by atoms with van der Waals surface area (Å²) < 4.78 is 79.2. The number of carbonyl (C=O) groups is 1. The molecule has 0 radical (unpaired) electrons. The van der Waals surface area contributed by atoms with Gasteiger partial charge in [-0.3, -0.25) is 4.79 Å². The Bertz CT molecular complexity index is 900. The lowest BCUT2D eigenvalue weighted by atomic mass is 9.90. The molecule has 1 amide bonds. The van der Waals surface area contributed by atoms with E-state index in [4.69, 9.17) is 0 Å². The van der Waals surface area contributed by atoms with Gasteiger partial charge in [0.1, 0.15) is 0 Å². The SMILES string of the molecule is O=C(Cc1ccccc1)N1CCSCc2cc(C(O)(C(F)(F)F)C(F)(F)F)ccc21. The van der Waals surface area contributed by atoms with E-state index in [0.717, 1.165) is 11.6 Å². The maximum Gasteiger partial charge on any atom is 0.430 e. The van der Waals surface area contributed by atoms with Crippen molar-refractivity contribution in [1.29, 1.82) is 0 Å². The molecular weight excluding hydrogens is 432 g/mol. The summed E-state index contributed by atoms with van der Waals surface area (Å²) in [5.74, 6) is 0.261. The third kappa shape index (κ3) is 4.15. The summed E-state index contributed by atoms with van der Waals surface area (Å²) in [5, 5.41) is 9.66. The Hall–Kier alpha value is -2.20. The third-order valence-electron chi connectivity index (χ3n) is 4.82. The van der Waals surface area contributed by atoms with Crippen LogP contribution < -0.4 is 4.90 Å². The van der Waals surface area contributed by atoms with Crippen LogP contribution in [0.4, 0.5) is 32.0 Å². The molecule has 0 spiro atoms. The van der Waals surface area contributed by atoms with Gasteiger partial charge in [-0.2, -0.15) is 38.1 Å². The summed E-state index contributed by atoms with van der Waals surface area (Å²) in [5.41, 5.74) is -5.20. The summed E-state index contributed by atoms with van der Waals surface area (Å²) in [6.07, 6.45) is -11.9. The highest BCUT2D eigenvalue weighted by atomic mass is 32.2. The van der Waals surface area contributed by atoms with Crippen LogP contribution in [-0.2, 0) is 22.6 Å². The van der Waals surface area contributed by atoms with E-state index < -0.39 is 23.5 Å². The van der Waals surface area contributed by atoms with Crippen LogP contribution in [0.25, 0.3) is 0 Å². The fourth-order valence-electron chi connectivity index (χ4n) is 3.26. The molecule has 0 aromatic heterocycles. The molecule has 3 nitrogen and oxygen atoms in total. The maximum atomic E-state index is 13.2. The molecule has 3 rings (SSSR count). The molecule has 2 aromatic carbocycles. The Kier molecular flexibility index (Phi) is 6.10. The van der Waals surface area contributed by atoms with Crippen LogP contribution >= 0.6 is 11.8 Å². The molecule has 0 saturated heterocycles. The van der Waals surface area contributed by atoms with Crippen LogP contribution in [0.1, 0.15) is 16.7 Å². The van der Waals surface area contributed by atoms with Crippen LogP contribution in [0.15, 0.2) is 48.5 Å². The Morgan fingerprint density at radius 3 is 2.23 bits per heavy atom. The average Bonchev–Trinajstić information content (AvgIpc) is 2.88. The zero-order valence-electron chi connectivity index (χ0n) is 15.4. The second-order valence-corrected chi connectivity index (χ2v) is 7.91. The van der Waals surface area contributed by atoms with E-state index in [1.807, 2.05) is 0 Å². The smallest absolute Gasteiger partial charge is 0.369 e. The lowest BCUT2D eigenvalue weighted by Gasteiger charge is -2.33. The molecule has 162 valence electrons. The normalized spacial score (nSPS) is 15.5. The number of benzene rings is 2. The van der Waals surface area contributed by atoms with Gasteiger partial charge < -0.3 is 10.0 Å². The van der Waals surface area contributed by atoms with Crippen molar-refractivity contribution < 1.29 is 36.2 Å². The fourth-order valence-corrected chi connectivity index (χ4v) is 4.17. The van der Waals surface area contributed by atoms with Gasteiger partial charge in [-0.05, 0) is 23.3 Å².